The number of hydrogen-bond donors (Lipinski definition) is 1. The predicted octanol–water partition coefficient (Wildman–Crippen LogP) is 3.66. The number of rotatable bonds is 4. The van der Waals surface area contributed by atoms with Crippen molar-refractivity contribution in [2.45, 2.75) is 6.92 Å². The molecule has 0 aliphatic carbocycles. The fraction of sp³-hybridized carbons (Fsp3) is 0.294. The van der Waals surface area contributed by atoms with Gasteiger partial charge in [0.1, 0.15) is 11.5 Å². The largest absolute Gasteiger partial charge is 0.496 e. The second kappa shape index (κ2) is 5.33. The molecule has 0 saturated carbocycles. The fourth-order valence-electron chi connectivity index (χ4n) is 2.93. The van der Waals surface area contributed by atoms with Crippen molar-refractivity contribution in [3.8, 4) is 23.0 Å². The minimum atomic E-state index is 0.620. The van der Waals surface area contributed by atoms with Crippen LogP contribution >= 0.6 is 0 Å². The van der Waals surface area contributed by atoms with Crippen LogP contribution in [0.15, 0.2) is 18.2 Å². The summed E-state index contributed by atoms with van der Waals surface area (Å²) >= 11 is 0. The molecule has 0 fully saturated rings. The number of fused-ring (bicyclic) bond motifs is 3. The molecule has 0 amide bonds. The molecule has 1 N–H and O–H groups in total. The van der Waals surface area contributed by atoms with Crippen LogP contribution in [0, 0.1) is 6.92 Å². The molecule has 0 bridgehead atoms. The van der Waals surface area contributed by atoms with Gasteiger partial charge in [0.15, 0.2) is 11.5 Å². The van der Waals surface area contributed by atoms with E-state index in [4.69, 9.17) is 18.9 Å². The van der Waals surface area contributed by atoms with Crippen LogP contribution in [0.1, 0.15) is 5.56 Å². The topological polar surface area (TPSA) is 52.7 Å². The monoisotopic (exact) mass is 301 g/mol. The normalized spacial score (nSPS) is 11.0. The van der Waals surface area contributed by atoms with Crippen LogP contribution in [0.3, 0.4) is 0 Å². The zero-order chi connectivity index (χ0) is 15.9. The second-order valence-corrected chi connectivity index (χ2v) is 5.03. The minimum Gasteiger partial charge on any atom is -0.496 e. The first-order valence-electron chi connectivity index (χ1n) is 6.94. The number of H-pyrrole nitrogens is 1. The maximum Gasteiger partial charge on any atom is 0.185 e. The van der Waals surface area contributed by atoms with Crippen molar-refractivity contribution in [2.24, 2.45) is 0 Å². The summed E-state index contributed by atoms with van der Waals surface area (Å²) in [4.78, 5) is 3.40. The van der Waals surface area contributed by atoms with E-state index in [1.54, 1.807) is 28.4 Å². The summed E-state index contributed by atoms with van der Waals surface area (Å²) in [5.74, 6) is 2.81. The van der Waals surface area contributed by atoms with Gasteiger partial charge in [0.05, 0.1) is 44.9 Å². The quantitative estimate of drug-likeness (QED) is 0.799. The Bertz CT molecular complexity index is 851. The van der Waals surface area contributed by atoms with Crippen molar-refractivity contribution < 1.29 is 18.9 Å². The highest BCUT2D eigenvalue weighted by atomic mass is 16.5. The molecule has 3 rings (SSSR count). The molecule has 0 unspecified atom stereocenters. The summed E-state index contributed by atoms with van der Waals surface area (Å²) in [6, 6.07) is 5.92. The van der Waals surface area contributed by atoms with Gasteiger partial charge in [-0.25, -0.2) is 0 Å². The van der Waals surface area contributed by atoms with Crippen molar-refractivity contribution >= 4 is 21.8 Å². The highest BCUT2D eigenvalue weighted by molar-refractivity contribution is 6.14. The van der Waals surface area contributed by atoms with Crippen LogP contribution in [0.2, 0.25) is 0 Å². The van der Waals surface area contributed by atoms with Gasteiger partial charge in [-0.1, -0.05) is 12.1 Å². The van der Waals surface area contributed by atoms with E-state index in [0.29, 0.717) is 11.5 Å². The lowest BCUT2D eigenvalue weighted by molar-refractivity contribution is 0.353. The number of nitrogens with one attached hydrogen (secondary N) is 1. The number of ether oxygens (including phenoxy) is 4. The fourth-order valence-corrected chi connectivity index (χ4v) is 2.93. The molecule has 5 nitrogen and oxygen atoms in total. The number of methoxy groups -OCH3 is 4. The van der Waals surface area contributed by atoms with Crippen LogP contribution in [0.25, 0.3) is 21.8 Å². The van der Waals surface area contributed by atoms with Gasteiger partial charge >= 0.3 is 0 Å². The number of benzene rings is 2. The molecule has 0 aliphatic heterocycles. The first-order valence-corrected chi connectivity index (χ1v) is 6.94. The zero-order valence-electron chi connectivity index (χ0n) is 13.4. The van der Waals surface area contributed by atoms with E-state index < -0.39 is 0 Å². The molecule has 0 atom stereocenters. The molecule has 0 aliphatic rings. The van der Waals surface area contributed by atoms with E-state index in [-0.39, 0.29) is 0 Å². The molecule has 3 aromatic rings. The Hall–Kier alpha value is -2.56. The Labute approximate surface area is 128 Å². The third-order valence-corrected chi connectivity index (χ3v) is 3.93. The van der Waals surface area contributed by atoms with Crippen molar-refractivity contribution in [1.29, 1.82) is 0 Å². The Morgan fingerprint density at radius 3 is 2.05 bits per heavy atom. The van der Waals surface area contributed by atoms with Gasteiger partial charge in [-0.2, -0.15) is 0 Å². The number of aromatic nitrogens is 1. The summed E-state index contributed by atoms with van der Waals surface area (Å²) in [6.07, 6.45) is 0. The first-order chi connectivity index (χ1) is 10.7. The highest BCUT2D eigenvalue weighted by Crippen LogP contribution is 2.46. The summed E-state index contributed by atoms with van der Waals surface area (Å²) in [7, 11) is 6.54. The molecule has 0 radical (unpaired) electrons. The summed E-state index contributed by atoms with van der Waals surface area (Å²) in [5, 5.41) is 1.98. The standard InChI is InChI=1S/C17H19NO4/c1-9-6-7-10-13-11(19-2)8-12(20-3)17(22-5)15(13)18-14(10)16(9)21-4/h6-8,18H,1-5H3. The van der Waals surface area contributed by atoms with E-state index in [9.17, 15) is 0 Å². The van der Waals surface area contributed by atoms with Crippen molar-refractivity contribution in [3.05, 3.63) is 23.8 Å². The van der Waals surface area contributed by atoms with Gasteiger partial charge in [0.2, 0.25) is 0 Å². The van der Waals surface area contributed by atoms with Crippen molar-refractivity contribution in [3.63, 3.8) is 0 Å². The van der Waals surface area contributed by atoms with Gasteiger partial charge in [0.25, 0.3) is 0 Å². The Morgan fingerprint density at radius 2 is 1.45 bits per heavy atom. The molecule has 2 aromatic carbocycles. The van der Waals surface area contributed by atoms with Crippen molar-refractivity contribution in [2.75, 3.05) is 28.4 Å². The van der Waals surface area contributed by atoms with Crippen LogP contribution in [-0.2, 0) is 0 Å². The Morgan fingerprint density at radius 1 is 0.773 bits per heavy atom. The second-order valence-electron chi connectivity index (χ2n) is 5.03. The van der Waals surface area contributed by atoms with E-state index in [0.717, 1.165) is 38.9 Å². The van der Waals surface area contributed by atoms with E-state index >= 15 is 0 Å². The highest BCUT2D eigenvalue weighted by Gasteiger charge is 2.20. The molecule has 0 saturated heterocycles. The molecular weight excluding hydrogens is 282 g/mol. The molecular formula is C17H19NO4. The lowest BCUT2D eigenvalue weighted by Crippen LogP contribution is -1.93. The van der Waals surface area contributed by atoms with E-state index in [1.165, 1.54) is 0 Å². The van der Waals surface area contributed by atoms with Gasteiger partial charge in [-0.15, -0.1) is 0 Å². The number of aryl methyl sites for hydroxylation is 1. The first kappa shape index (κ1) is 14.4. The van der Waals surface area contributed by atoms with Gasteiger partial charge in [0, 0.05) is 11.5 Å². The molecule has 1 aromatic heterocycles. The molecule has 22 heavy (non-hydrogen) atoms. The third-order valence-electron chi connectivity index (χ3n) is 3.93. The van der Waals surface area contributed by atoms with Crippen LogP contribution < -0.4 is 18.9 Å². The average molecular weight is 301 g/mol. The summed E-state index contributed by atoms with van der Waals surface area (Å²) in [6.45, 7) is 2.01. The Kier molecular flexibility index (Phi) is 3.48. The van der Waals surface area contributed by atoms with Crippen molar-refractivity contribution in [1.82, 2.24) is 4.98 Å². The predicted molar refractivity (Wildman–Crippen MR) is 86.7 cm³/mol. The van der Waals surface area contributed by atoms with E-state index in [1.807, 2.05) is 19.1 Å². The SMILES string of the molecule is COc1cc(OC)c2c([nH]c3c(OC)c(C)ccc32)c1OC. The molecule has 5 heteroatoms. The lowest BCUT2D eigenvalue weighted by atomic mass is 10.1. The minimum absolute atomic E-state index is 0.620. The summed E-state index contributed by atoms with van der Waals surface area (Å²) < 4.78 is 22.0. The summed E-state index contributed by atoms with van der Waals surface area (Å²) in [5.41, 5.74) is 2.81. The van der Waals surface area contributed by atoms with Crippen LogP contribution in [0.4, 0.5) is 0 Å². The molecule has 0 spiro atoms. The Balaban J connectivity index is 2.54. The van der Waals surface area contributed by atoms with Gasteiger partial charge < -0.3 is 23.9 Å². The van der Waals surface area contributed by atoms with Gasteiger partial charge in [-0.3, -0.25) is 0 Å². The maximum atomic E-state index is 5.55. The smallest absolute Gasteiger partial charge is 0.185 e. The zero-order valence-corrected chi connectivity index (χ0v) is 13.4. The average Bonchev–Trinajstić information content (AvgIpc) is 2.92. The van der Waals surface area contributed by atoms with Gasteiger partial charge in [-0.05, 0) is 12.5 Å². The number of aromatic amines is 1. The van der Waals surface area contributed by atoms with Crippen LogP contribution in [-0.4, -0.2) is 33.4 Å². The maximum absolute atomic E-state index is 5.55. The van der Waals surface area contributed by atoms with Crippen LogP contribution in [0.5, 0.6) is 23.0 Å². The van der Waals surface area contributed by atoms with E-state index in [2.05, 4.69) is 11.1 Å². The lowest BCUT2D eigenvalue weighted by Gasteiger charge is -2.11. The molecule has 1 heterocycles. The molecule has 116 valence electrons. The third kappa shape index (κ3) is 1.85. The number of hydrogen-bond acceptors (Lipinski definition) is 4.